The maximum Gasteiger partial charge on any atom is 0.130 e. The van der Waals surface area contributed by atoms with Gasteiger partial charge in [-0.2, -0.15) is 0 Å². The summed E-state index contributed by atoms with van der Waals surface area (Å²) in [4.78, 5) is 6.45. The second kappa shape index (κ2) is 6.75. The number of aliphatic hydroxyl groups excluding tert-OH is 1. The highest BCUT2D eigenvalue weighted by atomic mass is 19.1. The van der Waals surface area contributed by atoms with E-state index in [1.807, 2.05) is 6.07 Å². The molecule has 22 heavy (non-hydrogen) atoms. The van der Waals surface area contributed by atoms with Crippen LogP contribution in [0, 0.1) is 5.82 Å². The number of hydrogen-bond donors (Lipinski definition) is 2. The lowest BCUT2D eigenvalue weighted by Crippen LogP contribution is -2.20. The van der Waals surface area contributed by atoms with Crippen LogP contribution in [0.3, 0.4) is 0 Å². The maximum absolute atomic E-state index is 14.2. The second-order valence-corrected chi connectivity index (χ2v) is 5.50. The lowest BCUT2D eigenvalue weighted by Gasteiger charge is -2.22. The van der Waals surface area contributed by atoms with Crippen molar-refractivity contribution in [2.24, 2.45) is 0 Å². The molecule has 3 rings (SSSR count). The van der Waals surface area contributed by atoms with Gasteiger partial charge in [0.15, 0.2) is 0 Å². The first-order valence-corrected chi connectivity index (χ1v) is 7.60. The van der Waals surface area contributed by atoms with E-state index in [1.165, 1.54) is 6.07 Å². The number of nitrogens with one attached hydrogen (secondary N) is 1. The molecule has 2 heterocycles. The van der Waals surface area contributed by atoms with Crippen molar-refractivity contribution in [1.29, 1.82) is 0 Å². The Hall–Kier alpha value is -2.14. The number of benzene rings is 1. The van der Waals surface area contributed by atoms with Crippen molar-refractivity contribution in [3.05, 3.63) is 53.5 Å². The molecule has 1 aromatic heterocycles. The van der Waals surface area contributed by atoms with Crippen LogP contribution >= 0.6 is 0 Å². The molecule has 1 aliphatic rings. The van der Waals surface area contributed by atoms with E-state index in [0.29, 0.717) is 17.9 Å². The molecule has 1 fully saturated rings. The van der Waals surface area contributed by atoms with Gasteiger partial charge in [-0.25, -0.2) is 9.37 Å². The Morgan fingerprint density at radius 1 is 1.18 bits per heavy atom. The minimum Gasteiger partial charge on any atom is -0.392 e. The number of aromatic nitrogens is 1. The summed E-state index contributed by atoms with van der Waals surface area (Å²) in [5, 5.41) is 12.2. The van der Waals surface area contributed by atoms with Gasteiger partial charge in [0.05, 0.1) is 6.61 Å². The molecular weight excluding hydrogens is 281 g/mol. The zero-order chi connectivity index (χ0) is 15.4. The number of halogens is 1. The molecule has 0 atom stereocenters. The van der Waals surface area contributed by atoms with Gasteiger partial charge in [-0.3, -0.25) is 0 Å². The molecule has 1 aromatic carbocycles. The number of rotatable bonds is 5. The number of pyridine rings is 1. The Kier molecular flexibility index (Phi) is 4.53. The fourth-order valence-electron chi connectivity index (χ4n) is 2.78. The third kappa shape index (κ3) is 3.20. The van der Waals surface area contributed by atoms with Gasteiger partial charge in [-0.15, -0.1) is 0 Å². The molecular formula is C17H20FN3O. The van der Waals surface area contributed by atoms with E-state index < -0.39 is 0 Å². The van der Waals surface area contributed by atoms with Gasteiger partial charge in [-0.1, -0.05) is 12.1 Å². The average molecular weight is 301 g/mol. The summed E-state index contributed by atoms with van der Waals surface area (Å²) in [5.74, 6) is 0.483. The van der Waals surface area contributed by atoms with Gasteiger partial charge < -0.3 is 15.3 Å². The van der Waals surface area contributed by atoms with Crippen LogP contribution in [0.15, 0.2) is 36.5 Å². The molecule has 0 spiro atoms. The van der Waals surface area contributed by atoms with Gasteiger partial charge in [0.1, 0.15) is 11.6 Å². The largest absolute Gasteiger partial charge is 0.392 e. The zero-order valence-electron chi connectivity index (χ0n) is 12.4. The summed E-state index contributed by atoms with van der Waals surface area (Å²) in [6.45, 7) is 2.34. The Morgan fingerprint density at radius 2 is 2.00 bits per heavy atom. The van der Waals surface area contributed by atoms with Crippen LogP contribution in [0.25, 0.3) is 0 Å². The predicted molar refractivity (Wildman–Crippen MR) is 85.3 cm³/mol. The van der Waals surface area contributed by atoms with Crippen molar-refractivity contribution >= 4 is 11.5 Å². The van der Waals surface area contributed by atoms with Crippen molar-refractivity contribution in [3.63, 3.8) is 0 Å². The fourth-order valence-corrected chi connectivity index (χ4v) is 2.78. The van der Waals surface area contributed by atoms with Gasteiger partial charge in [-0.05, 0) is 36.6 Å². The predicted octanol–water partition coefficient (Wildman–Crippen LogP) is 2.93. The van der Waals surface area contributed by atoms with Crippen molar-refractivity contribution in [3.8, 4) is 0 Å². The summed E-state index contributed by atoms with van der Waals surface area (Å²) in [7, 11) is 0. The Bertz CT molecular complexity index is 624. The number of hydrogen-bond acceptors (Lipinski definition) is 4. The average Bonchev–Trinajstić information content (AvgIpc) is 3.08. The molecule has 1 aliphatic heterocycles. The SMILES string of the molecule is OCc1ccc(NCc2c(F)cccc2N2CCCC2)nc1. The van der Waals surface area contributed by atoms with Crippen molar-refractivity contribution < 1.29 is 9.50 Å². The molecule has 2 N–H and O–H groups in total. The number of nitrogens with zero attached hydrogens (tertiary/aromatic N) is 2. The first kappa shape index (κ1) is 14.8. The summed E-state index contributed by atoms with van der Waals surface area (Å²) in [6, 6.07) is 8.84. The molecule has 116 valence electrons. The standard InChI is InChI=1S/C17H20FN3O/c18-15-4-3-5-16(21-8-1-2-9-21)14(15)11-20-17-7-6-13(12-22)10-19-17/h3-7,10,22H,1-2,8-9,11-12H2,(H,19,20). The molecule has 0 bridgehead atoms. The summed E-state index contributed by atoms with van der Waals surface area (Å²) in [6.07, 6.45) is 3.94. The molecule has 1 saturated heterocycles. The van der Waals surface area contributed by atoms with Crippen LogP contribution in [0.2, 0.25) is 0 Å². The monoisotopic (exact) mass is 301 g/mol. The molecule has 4 nitrogen and oxygen atoms in total. The number of anilines is 2. The van der Waals surface area contributed by atoms with Crippen LogP contribution in [0.5, 0.6) is 0 Å². The van der Waals surface area contributed by atoms with Crippen LogP contribution in [0.1, 0.15) is 24.0 Å². The minimum atomic E-state index is -0.191. The Balaban J connectivity index is 1.76. The highest BCUT2D eigenvalue weighted by Gasteiger charge is 2.17. The van der Waals surface area contributed by atoms with E-state index in [2.05, 4.69) is 15.2 Å². The van der Waals surface area contributed by atoms with Crippen LogP contribution in [-0.4, -0.2) is 23.2 Å². The minimum absolute atomic E-state index is 0.0281. The molecule has 0 aliphatic carbocycles. The third-order valence-electron chi connectivity index (χ3n) is 3.99. The van der Waals surface area contributed by atoms with E-state index in [0.717, 1.165) is 37.2 Å². The normalized spacial score (nSPS) is 14.4. The van der Waals surface area contributed by atoms with Gasteiger partial charge in [0.25, 0.3) is 0 Å². The van der Waals surface area contributed by atoms with Crippen molar-refractivity contribution in [2.45, 2.75) is 26.0 Å². The molecule has 2 aromatic rings. The summed E-state index contributed by atoms with van der Waals surface area (Å²) < 4.78 is 14.2. The molecule has 0 amide bonds. The summed E-state index contributed by atoms with van der Waals surface area (Å²) >= 11 is 0. The van der Waals surface area contributed by atoms with E-state index in [-0.39, 0.29) is 12.4 Å². The van der Waals surface area contributed by atoms with Gasteiger partial charge in [0.2, 0.25) is 0 Å². The van der Waals surface area contributed by atoms with Crippen molar-refractivity contribution in [1.82, 2.24) is 4.98 Å². The molecule has 0 radical (unpaired) electrons. The fraction of sp³-hybridized carbons (Fsp3) is 0.353. The van der Waals surface area contributed by atoms with E-state index in [9.17, 15) is 4.39 Å². The second-order valence-electron chi connectivity index (χ2n) is 5.50. The quantitative estimate of drug-likeness (QED) is 0.891. The molecule has 0 unspecified atom stereocenters. The van der Waals surface area contributed by atoms with Gasteiger partial charge in [0, 0.05) is 37.1 Å². The van der Waals surface area contributed by atoms with Crippen LogP contribution in [-0.2, 0) is 13.2 Å². The molecule has 5 heteroatoms. The van der Waals surface area contributed by atoms with Crippen LogP contribution in [0.4, 0.5) is 15.9 Å². The maximum atomic E-state index is 14.2. The Labute approximate surface area is 129 Å². The van der Waals surface area contributed by atoms with Crippen molar-refractivity contribution in [2.75, 3.05) is 23.3 Å². The lowest BCUT2D eigenvalue weighted by atomic mass is 10.1. The highest BCUT2D eigenvalue weighted by Crippen LogP contribution is 2.27. The third-order valence-corrected chi connectivity index (χ3v) is 3.99. The first-order chi connectivity index (χ1) is 10.8. The van der Waals surface area contributed by atoms with Crippen LogP contribution < -0.4 is 10.2 Å². The molecule has 0 saturated carbocycles. The van der Waals surface area contributed by atoms with E-state index in [1.54, 1.807) is 24.4 Å². The zero-order valence-corrected chi connectivity index (χ0v) is 12.4. The van der Waals surface area contributed by atoms with E-state index >= 15 is 0 Å². The van der Waals surface area contributed by atoms with E-state index in [4.69, 9.17) is 5.11 Å². The first-order valence-electron chi connectivity index (χ1n) is 7.60. The summed E-state index contributed by atoms with van der Waals surface area (Å²) in [5.41, 5.74) is 2.41. The Morgan fingerprint density at radius 3 is 2.68 bits per heavy atom. The topological polar surface area (TPSA) is 48.4 Å². The lowest BCUT2D eigenvalue weighted by molar-refractivity contribution is 0.281. The smallest absolute Gasteiger partial charge is 0.130 e. The van der Waals surface area contributed by atoms with Gasteiger partial charge >= 0.3 is 0 Å². The number of aliphatic hydroxyl groups is 1. The highest BCUT2D eigenvalue weighted by molar-refractivity contribution is 5.56.